The number of hydrogen-bond acceptors (Lipinski definition) is 2. The number of carbonyl (C=O) groups is 2. The van der Waals surface area contributed by atoms with Crippen molar-refractivity contribution >= 4 is 12.3 Å². The molecule has 7 atom stereocenters. The highest BCUT2D eigenvalue weighted by atomic mass is 16.4. The van der Waals surface area contributed by atoms with Crippen molar-refractivity contribution in [1.29, 1.82) is 0 Å². The molecule has 4 rings (SSSR count). The first kappa shape index (κ1) is 15.4. The van der Waals surface area contributed by atoms with Gasteiger partial charge in [-0.1, -0.05) is 45.8 Å². The van der Waals surface area contributed by atoms with Gasteiger partial charge in [0, 0.05) is 0 Å². The third-order valence-corrected chi connectivity index (χ3v) is 8.40. The molecule has 6 unspecified atom stereocenters. The number of hydrogen-bond donors (Lipinski definition) is 1. The van der Waals surface area contributed by atoms with E-state index in [4.69, 9.17) is 0 Å². The minimum absolute atomic E-state index is 0.186. The lowest BCUT2D eigenvalue weighted by atomic mass is 9.43. The number of fused-ring (bicyclic) bond motifs is 2. The number of carboxylic acids is 1. The van der Waals surface area contributed by atoms with Crippen molar-refractivity contribution in [3.63, 3.8) is 0 Å². The van der Waals surface area contributed by atoms with Gasteiger partial charge in [-0.2, -0.15) is 0 Å². The van der Waals surface area contributed by atoms with Crippen LogP contribution in [-0.4, -0.2) is 17.4 Å². The number of aliphatic carboxylic acids is 1. The van der Waals surface area contributed by atoms with Gasteiger partial charge in [0.2, 0.25) is 0 Å². The molecule has 0 aromatic heterocycles. The Kier molecular flexibility index (Phi) is 2.87. The average Bonchev–Trinajstić information content (AvgIpc) is 3.03. The highest BCUT2D eigenvalue weighted by Crippen LogP contribution is 2.82. The van der Waals surface area contributed by atoms with Gasteiger partial charge in [-0.15, -0.1) is 0 Å². The fraction of sp³-hybridized carbons (Fsp3) is 0.800. The molecule has 3 saturated carbocycles. The van der Waals surface area contributed by atoms with Crippen molar-refractivity contribution in [2.24, 2.45) is 45.8 Å². The first-order valence-corrected chi connectivity index (χ1v) is 9.18. The molecule has 1 N–H and O–H groups in total. The summed E-state index contributed by atoms with van der Waals surface area (Å²) in [6, 6.07) is 0. The summed E-state index contributed by atoms with van der Waals surface area (Å²) in [6.45, 7) is 8.64. The van der Waals surface area contributed by atoms with Crippen LogP contribution < -0.4 is 0 Å². The second-order valence-electron chi connectivity index (χ2n) is 9.25. The van der Waals surface area contributed by atoms with E-state index in [0.29, 0.717) is 11.8 Å². The highest BCUT2D eigenvalue weighted by molar-refractivity contribution is 5.90. The molecule has 23 heavy (non-hydrogen) atoms. The Labute approximate surface area is 138 Å². The first-order valence-electron chi connectivity index (χ1n) is 9.18. The molecule has 4 aliphatic carbocycles. The molecule has 126 valence electrons. The number of carboxylic acid groups (broad SMARTS) is 1. The number of rotatable bonds is 3. The van der Waals surface area contributed by atoms with Gasteiger partial charge in [0.05, 0.1) is 5.41 Å². The van der Waals surface area contributed by atoms with Gasteiger partial charge < -0.3 is 9.90 Å². The molecular weight excluding hydrogens is 288 g/mol. The van der Waals surface area contributed by atoms with Gasteiger partial charge in [0.25, 0.3) is 0 Å². The Morgan fingerprint density at radius 3 is 2.61 bits per heavy atom. The summed E-state index contributed by atoms with van der Waals surface area (Å²) in [4.78, 5) is 25.3. The van der Waals surface area contributed by atoms with Crippen molar-refractivity contribution in [2.75, 3.05) is 0 Å². The van der Waals surface area contributed by atoms with Crippen molar-refractivity contribution in [2.45, 2.75) is 53.4 Å². The predicted octanol–water partition coefficient (Wildman–Crippen LogP) is 3.93. The maximum Gasteiger partial charge on any atom is 0.315 e. The average molecular weight is 316 g/mol. The Balaban J connectivity index is 2.01. The van der Waals surface area contributed by atoms with Gasteiger partial charge in [0.15, 0.2) is 0 Å². The fourth-order valence-electron chi connectivity index (χ4n) is 7.63. The Hall–Kier alpha value is -1.12. The van der Waals surface area contributed by atoms with E-state index < -0.39 is 16.8 Å². The van der Waals surface area contributed by atoms with Crippen molar-refractivity contribution < 1.29 is 14.7 Å². The van der Waals surface area contributed by atoms with Crippen molar-refractivity contribution in [3.8, 4) is 0 Å². The lowest BCUT2D eigenvalue weighted by Crippen LogP contribution is -2.61. The maximum absolute atomic E-state index is 12.7. The Morgan fingerprint density at radius 1 is 1.35 bits per heavy atom. The largest absolute Gasteiger partial charge is 0.481 e. The lowest BCUT2D eigenvalue weighted by Gasteiger charge is -2.57. The molecule has 4 aliphatic rings. The zero-order chi connectivity index (χ0) is 16.8. The summed E-state index contributed by atoms with van der Waals surface area (Å²) in [7, 11) is 0. The molecule has 0 radical (unpaired) electrons. The zero-order valence-electron chi connectivity index (χ0n) is 14.6. The second-order valence-corrected chi connectivity index (χ2v) is 9.25. The molecule has 0 saturated heterocycles. The monoisotopic (exact) mass is 316 g/mol. The van der Waals surface area contributed by atoms with Gasteiger partial charge >= 0.3 is 5.97 Å². The van der Waals surface area contributed by atoms with Crippen molar-refractivity contribution in [1.82, 2.24) is 0 Å². The van der Waals surface area contributed by atoms with Crippen LogP contribution in [0.3, 0.4) is 0 Å². The quantitative estimate of drug-likeness (QED) is 0.634. The molecule has 3 heteroatoms. The van der Waals surface area contributed by atoms with Crippen LogP contribution in [0.4, 0.5) is 0 Å². The Morgan fingerprint density at radius 2 is 2.04 bits per heavy atom. The highest BCUT2D eigenvalue weighted by Gasteiger charge is 2.82. The van der Waals surface area contributed by atoms with E-state index in [0.717, 1.165) is 37.5 Å². The van der Waals surface area contributed by atoms with E-state index in [9.17, 15) is 14.7 Å². The molecule has 0 heterocycles. The molecule has 0 aromatic rings. The minimum atomic E-state index is -0.966. The van der Waals surface area contributed by atoms with E-state index in [1.165, 1.54) is 0 Å². The van der Waals surface area contributed by atoms with Crippen LogP contribution >= 0.6 is 0 Å². The maximum atomic E-state index is 12.7. The van der Waals surface area contributed by atoms with Crippen molar-refractivity contribution in [3.05, 3.63) is 11.6 Å². The molecule has 0 spiro atoms. The van der Waals surface area contributed by atoms with Crippen LogP contribution in [0, 0.1) is 45.8 Å². The van der Waals surface area contributed by atoms with Crippen LogP contribution in [0.1, 0.15) is 53.4 Å². The number of carbonyl (C=O) groups excluding carboxylic acids is 1. The first-order chi connectivity index (χ1) is 10.8. The number of aldehydes is 1. The third-order valence-electron chi connectivity index (χ3n) is 8.40. The number of allylic oxidation sites excluding steroid dienone is 1. The normalized spacial score (nSPS) is 53.3. The Bertz CT molecular complexity index is 620. The molecule has 3 fully saturated rings. The van der Waals surface area contributed by atoms with E-state index >= 15 is 0 Å². The predicted molar refractivity (Wildman–Crippen MR) is 87.7 cm³/mol. The molecular formula is C20H28O3. The van der Waals surface area contributed by atoms with E-state index in [1.807, 2.05) is 0 Å². The molecule has 3 nitrogen and oxygen atoms in total. The molecule has 0 amide bonds. The molecule has 0 aliphatic heterocycles. The van der Waals surface area contributed by atoms with Crippen LogP contribution in [0.5, 0.6) is 0 Å². The third kappa shape index (κ3) is 1.33. The zero-order valence-corrected chi connectivity index (χ0v) is 14.6. The standard InChI is InChI=1S/C20H28O3/c1-11(2)16-7-13-8-19(10-21)15-6-5-12(3)14(15)9-18(13,4)20(16,19)17(22)23/h7,10-15H,5-6,8-9H2,1-4H3,(H,22,23)/t12?,13?,14?,15?,18-,19?,20?/m1/s1. The van der Waals surface area contributed by atoms with Crippen LogP contribution in [0.2, 0.25) is 0 Å². The summed E-state index contributed by atoms with van der Waals surface area (Å²) < 4.78 is 0. The van der Waals surface area contributed by atoms with Gasteiger partial charge in [-0.05, 0) is 54.3 Å². The smallest absolute Gasteiger partial charge is 0.315 e. The lowest BCUT2D eigenvalue weighted by molar-refractivity contribution is -0.178. The van der Waals surface area contributed by atoms with Gasteiger partial charge in [-0.3, -0.25) is 4.79 Å². The summed E-state index contributed by atoms with van der Waals surface area (Å²) in [5.41, 5.74) is -0.903. The topological polar surface area (TPSA) is 54.4 Å². The summed E-state index contributed by atoms with van der Waals surface area (Å²) in [5.74, 6) is 1.08. The van der Waals surface area contributed by atoms with Crippen LogP contribution in [-0.2, 0) is 9.59 Å². The van der Waals surface area contributed by atoms with Crippen LogP contribution in [0.15, 0.2) is 11.6 Å². The fourth-order valence-corrected chi connectivity index (χ4v) is 7.63. The second kappa shape index (κ2) is 4.29. The van der Waals surface area contributed by atoms with E-state index in [2.05, 4.69) is 33.8 Å². The van der Waals surface area contributed by atoms with E-state index in [-0.39, 0.29) is 23.2 Å². The van der Waals surface area contributed by atoms with Gasteiger partial charge in [0.1, 0.15) is 11.7 Å². The van der Waals surface area contributed by atoms with Crippen LogP contribution in [0.25, 0.3) is 0 Å². The molecule has 4 bridgehead atoms. The van der Waals surface area contributed by atoms with Gasteiger partial charge in [-0.25, -0.2) is 0 Å². The SMILES string of the molecule is CC(C)C1=CC2CC3(C=O)C4CCC(C)C4C[C@@]2(C)C13C(=O)O. The summed E-state index contributed by atoms with van der Waals surface area (Å²) in [6.07, 6.45) is 7.22. The van der Waals surface area contributed by atoms with E-state index in [1.54, 1.807) is 0 Å². The summed E-state index contributed by atoms with van der Waals surface area (Å²) >= 11 is 0. The summed E-state index contributed by atoms with van der Waals surface area (Å²) in [5, 5.41) is 10.5. The minimum Gasteiger partial charge on any atom is -0.481 e. The molecule has 0 aromatic carbocycles.